The molecule has 2 aromatic rings. The second-order valence-corrected chi connectivity index (χ2v) is 7.61. The third kappa shape index (κ3) is 3.22. The highest BCUT2D eigenvalue weighted by molar-refractivity contribution is 7.94. The molecule has 0 aliphatic carbocycles. The number of benzene rings is 1. The Kier molecular flexibility index (Phi) is 4.31. The number of nitrogens with one attached hydrogen (secondary N) is 1. The van der Waals surface area contributed by atoms with Gasteiger partial charge in [0.05, 0.1) is 5.69 Å². The molecule has 0 bridgehead atoms. The summed E-state index contributed by atoms with van der Waals surface area (Å²) in [5.41, 5.74) is 5.94. The van der Waals surface area contributed by atoms with Crippen molar-refractivity contribution in [3.05, 3.63) is 45.8 Å². The van der Waals surface area contributed by atoms with E-state index in [1.54, 1.807) is 6.92 Å². The largest absolute Gasteiger partial charge is 0.326 e. The van der Waals surface area contributed by atoms with Crippen LogP contribution in [0.3, 0.4) is 0 Å². The molecule has 0 aliphatic rings. The summed E-state index contributed by atoms with van der Waals surface area (Å²) in [5.74, 6) is -1.51. The Bertz CT molecular complexity index is 786. The Morgan fingerprint density at radius 3 is 2.38 bits per heavy atom. The topological polar surface area (TPSA) is 72.2 Å². The fourth-order valence-electron chi connectivity index (χ4n) is 1.74. The number of nitrogens with two attached hydrogens (primary N) is 1. The van der Waals surface area contributed by atoms with Crippen molar-refractivity contribution in [3.8, 4) is 0 Å². The highest BCUT2D eigenvalue weighted by atomic mass is 32.2. The van der Waals surface area contributed by atoms with Crippen LogP contribution in [0.15, 0.2) is 22.4 Å². The van der Waals surface area contributed by atoms with Gasteiger partial charge in [0, 0.05) is 17.5 Å². The molecule has 0 fully saturated rings. The molecule has 3 N–H and O–H groups in total. The van der Waals surface area contributed by atoms with E-state index in [9.17, 15) is 17.2 Å². The minimum Gasteiger partial charge on any atom is -0.326 e. The highest BCUT2D eigenvalue weighted by Gasteiger charge is 2.21. The van der Waals surface area contributed by atoms with E-state index < -0.39 is 27.3 Å². The van der Waals surface area contributed by atoms with E-state index in [0.717, 1.165) is 33.9 Å². The van der Waals surface area contributed by atoms with Gasteiger partial charge >= 0.3 is 0 Å². The minimum absolute atomic E-state index is 0.0147. The van der Waals surface area contributed by atoms with E-state index in [-0.39, 0.29) is 16.3 Å². The van der Waals surface area contributed by atoms with Crippen LogP contribution in [0.2, 0.25) is 0 Å². The van der Waals surface area contributed by atoms with Crippen molar-refractivity contribution in [1.29, 1.82) is 0 Å². The van der Waals surface area contributed by atoms with Gasteiger partial charge in [0.25, 0.3) is 10.0 Å². The van der Waals surface area contributed by atoms with E-state index in [1.165, 1.54) is 13.0 Å². The van der Waals surface area contributed by atoms with Gasteiger partial charge in [-0.25, -0.2) is 17.2 Å². The first-order chi connectivity index (χ1) is 9.74. The Morgan fingerprint density at radius 1 is 1.14 bits per heavy atom. The molecule has 1 aromatic heterocycles. The van der Waals surface area contributed by atoms with E-state index in [2.05, 4.69) is 4.72 Å². The normalized spacial score (nSPS) is 11.7. The van der Waals surface area contributed by atoms with Gasteiger partial charge in [0.15, 0.2) is 0 Å². The van der Waals surface area contributed by atoms with Gasteiger partial charge in [0.1, 0.15) is 15.8 Å². The summed E-state index contributed by atoms with van der Waals surface area (Å²) < 4.78 is 53.6. The van der Waals surface area contributed by atoms with Crippen molar-refractivity contribution in [2.75, 3.05) is 4.72 Å². The van der Waals surface area contributed by atoms with Crippen molar-refractivity contribution in [3.63, 3.8) is 0 Å². The van der Waals surface area contributed by atoms with Crippen LogP contribution >= 0.6 is 11.3 Å². The molecule has 0 saturated heterocycles. The zero-order valence-electron chi connectivity index (χ0n) is 11.4. The first-order valence-electron chi connectivity index (χ1n) is 6.02. The van der Waals surface area contributed by atoms with Gasteiger partial charge in [-0.05, 0) is 37.1 Å². The average molecular weight is 332 g/mol. The summed E-state index contributed by atoms with van der Waals surface area (Å²) in [7, 11) is -3.97. The average Bonchev–Trinajstić information content (AvgIpc) is 2.78. The number of hydrogen-bond donors (Lipinski definition) is 2. The maximum Gasteiger partial charge on any atom is 0.271 e. The standard InChI is InChI=1S/C13H14F2N2O2S2/c1-7-3-10(15)11(5-9(7)14)17-21(18,19)13-4-8(2)12(6-16)20-13/h3-5,17H,6,16H2,1-2H3. The molecule has 0 aliphatic heterocycles. The molecule has 0 atom stereocenters. The number of aryl methyl sites for hydroxylation is 2. The molecule has 4 nitrogen and oxygen atoms in total. The Morgan fingerprint density at radius 2 is 1.81 bits per heavy atom. The van der Waals surface area contributed by atoms with E-state index in [4.69, 9.17) is 5.73 Å². The zero-order valence-corrected chi connectivity index (χ0v) is 13.0. The lowest BCUT2D eigenvalue weighted by molar-refractivity contribution is 0.591. The smallest absolute Gasteiger partial charge is 0.271 e. The van der Waals surface area contributed by atoms with E-state index >= 15 is 0 Å². The molecule has 0 spiro atoms. The SMILES string of the molecule is Cc1cc(F)c(NS(=O)(=O)c2cc(C)c(CN)s2)cc1F. The van der Waals surface area contributed by atoms with Crippen molar-refractivity contribution in [2.24, 2.45) is 5.73 Å². The molecule has 1 aromatic carbocycles. The van der Waals surface area contributed by atoms with Crippen LogP contribution in [0.4, 0.5) is 14.5 Å². The van der Waals surface area contributed by atoms with E-state index in [0.29, 0.717) is 0 Å². The Hall–Kier alpha value is -1.51. The Balaban J connectivity index is 2.39. The van der Waals surface area contributed by atoms with Crippen LogP contribution < -0.4 is 10.5 Å². The molecular weight excluding hydrogens is 318 g/mol. The summed E-state index contributed by atoms with van der Waals surface area (Å²) in [5, 5.41) is 0. The van der Waals surface area contributed by atoms with Crippen LogP contribution in [0.1, 0.15) is 16.0 Å². The summed E-state index contributed by atoms with van der Waals surface area (Å²) >= 11 is 1.01. The van der Waals surface area contributed by atoms with Crippen LogP contribution in [0.25, 0.3) is 0 Å². The predicted octanol–water partition coefficient (Wildman–Crippen LogP) is 2.90. The van der Waals surface area contributed by atoms with Crippen molar-refractivity contribution in [1.82, 2.24) is 0 Å². The fourth-order valence-corrected chi connectivity index (χ4v) is 4.27. The number of hydrogen-bond acceptors (Lipinski definition) is 4. The minimum atomic E-state index is -3.97. The van der Waals surface area contributed by atoms with Crippen molar-refractivity contribution >= 4 is 27.0 Å². The van der Waals surface area contributed by atoms with Gasteiger partial charge in [-0.1, -0.05) is 0 Å². The number of halogens is 2. The van der Waals surface area contributed by atoms with Gasteiger partial charge in [-0.15, -0.1) is 11.3 Å². The lowest BCUT2D eigenvalue weighted by Gasteiger charge is -2.08. The molecule has 0 amide bonds. The fraction of sp³-hybridized carbons (Fsp3) is 0.231. The Labute approximate surface area is 125 Å². The number of rotatable bonds is 4. The molecule has 2 rings (SSSR count). The molecule has 0 saturated carbocycles. The summed E-state index contributed by atoms with van der Waals surface area (Å²) in [6.07, 6.45) is 0. The van der Waals surface area contributed by atoms with Crippen molar-refractivity contribution in [2.45, 2.75) is 24.6 Å². The van der Waals surface area contributed by atoms with Gasteiger partial charge < -0.3 is 5.73 Å². The molecular formula is C13H14F2N2O2S2. The monoisotopic (exact) mass is 332 g/mol. The van der Waals surface area contributed by atoms with Gasteiger partial charge in [0.2, 0.25) is 0 Å². The lowest BCUT2D eigenvalue weighted by Crippen LogP contribution is -2.13. The van der Waals surface area contributed by atoms with Crippen LogP contribution in [0, 0.1) is 25.5 Å². The first-order valence-corrected chi connectivity index (χ1v) is 8.32. The number of anilines is 1. The maximum absolute atomic E-state index is 13.7. The molecule has 114 valence electrons. The predicted molar refractivity (Wildman–Crippen MR) is 78.9 cm³/mol. The highest BCUT2D eigenvalue weighted by Crippen LogP contribution is 2.28. The van der Waals surface area contributed by atoms with Gasteiger partial charge in [-0.3, -0.25) is 4.72 Å². The van der Waals surface area contributed by atoms with Crippen molar-refractivity contribution < 1.29 is 17.2 Å². The van der Waals surface area contributed by atoms with Crippen LogP contribution in [0.5, 0.6) is 0 Å². The summed E-state index contributed by atoms with van der Waals surface area (Å²) in [6, 6.07) is 3.22. The summed E-state index contributed by atoms with van der Waals surface area (Å²) in [6.45, 7) is 3.36. The molecule has 1 heterocycles. The van der Waals surface area contributed by atoms with Crippen LogP contribution in [-0.4, -0.2) is 8.42 Å². The second kappa shape index (κ2) is 5.70. The third-order valence-electron chi connectivity index (χ3n) is 2.94. The maximum atomic E-state index is 13.7. The second-order valence-electron chi connectivity index (χ2n) is 4.56. The molecule has 0 radical (unpaired) electrons. The molecule has 0 unspecified atom stereocenters. The number of thiophene rings is 1. The zero-order chi connectivity index (χ0) is 15.8. The molecule has 21 heavy (non-hydrogen) atoms. The summed E-state index contributed by atoms with van der Waals surface area (Å²) in [4.78, 5) is 0.728. The molecule has 8 heteroatoms. The first kappa shape index (κ1) is 15.9. The number of sulfonamides is 1. The van der Waals surface area contributed by atoms with Crippen LogP contribution in [-0.2, 0) is 16.6 Å². The lowest BCUT2D eigenvalue weighted by atomic mass is 10.2. The van der Waals surface area contributed by atoms with Gasteiger partial charge in [-0.2, -0.15) is 0 Å². The van der Waals surface area contributed by atoms with E-state index in [1.807, 2.05) is 0 Å². The quantitative estimate of drug-likeness (QED) is 0.904. The third-order valence-corrected chi connectivity index (χ3v) is 6.04.